The lowest BCUT2D eigenvalue weighted by molar-refractivity contribution is 0.106. The van der Waals surface area contributed by atoms with Crippen LogP contribution in [0.15, 0.2) is 29.4 Å². The van der Waals surface area contributed by atoms with Crippen LogP contribution in [-0.4, -0.2) is 16.7 Å². The molecule has 1 N–H and O–H groups in total. The first-order valence-electron chi connectivity index (χ1n) is 3.64. The number of hydrogen-bond donors (Lipinski definition) is 1. The Morgan fingerprint density at radius 2 is 1.92 bits per heavy atom. The van der Waals surface area contributed by atoms with Crippen molar-refractivity contribution in [1.29, 1.82) is 0 Å². The second-order valence-electron chi connectivity index (χ2n) is 2.52. The van der Waals surface area contributed by atoms with Crippen LogP contribution in [0.5, 0.6) is 0 Å². The van der Waals surface area contributed by atoms with Crippen LogP contribution in [0.1, 0.15) is 17.3 Å². The van der Waals surface area contributed by atoms with Crippen molar-refractivity contribution >= 4 is 23.1 Å². The lowest BCUT2D eigenvalue weighted by Crippen LogP contribution is -2.09. The van der Waals surface area contributed by atoms with E-state index in [4.69, 9.17) is 16.8 Å². The molecule has 0 bridgehead atoms. The normalized spacial score (nSPS) is 11.4. The molecular formula is C9H8ClNO2. The standard InChI is InChI=1S/C9H8ClNO2/c1-6(11-13)9(12)7-2-4-8(10)5-3-7/h2-5,13H,1H3. The Kier molecular flexibility index (Phi) is 3.03. The van der Waals surface area contributed by atoms with Crippen LogP contribution in [-0.2, 0) is 0 Å². The van der Waals surface area contributed by atoms with Gasteiger partial charge in [0.15, 0.2) is 0 Å². The topological polar surface area (TPSA) is 49.7 Å². The second-order valence-corrected chi connectivity index (χ2v) is 2.96. The molecule has 1 rings (SSSR count). The van der Waals surface area contributed by atoms with Crippen molar-refractivity contribution in [2.75, 3.05) is 0 Å². The zero-order valence-electron chi connectivity index (χ0n) is 6.99. The maximum absolute atomic E-state index is 11.4. The summed E-state index contributed by atoms with van der Waals surface area (Å²) < 4.78 is 0. The SMILES string of the molecule is CC(=NO)C(=O)c1ccc(Cl)cc1. The van der Waals surface area contributed by atoms with Gasteiger partial charge in [0, 0.05) is 10.6 Å². The van der Waals surface area contributed by atoms with Crippen LogP contribution in [0, 0.1) is 0 Å². The van der Waals surface area contributed by atoms with E-state index < -0.39 is 0 Å². The maximum Gasteiger partial charge on any atom is 0.210 e. The van der Waals surface area contributed by atoms with Crippen LogP contribution in [0.3, 0.4) is 0 Å². The highest BCUT2D eigenvalue weighted by Crippen LogP contribution is 2.10. The number of carbonyl (C=O) groups excluding carboxylic acids is 1. The number of Topliss-reactive ketones (excluding diaryl/α,β-unsaturated/α-hetero) is 1. The molecule has 0 radical (unpaired) electrons. The van der Waals surface area contributed by atoms with Gasteiger partial charge >= 0.3 is 0 Å². The number of halogens is 1. The number of ketones is 1. The molecule has 13 heavy (non-hydrogen) atoms. The molecule has 0 atom stereocenters. The van der Waals surface area contributed by atoms with E-state index in [2.05, 4.69) is 5.16 Å². The first kappa shape index (κ1) is 9.74. The van der Waals surface area contributed by atoms with Gasteiger partial charge in [0.2, 0.25) is 5.78 Å². The van der Waals surface area contributed by atoms with E-state index in [0.717, 1.165) is 0 Å². The van der Waals surface area contributed by atoms with Crippen molar-refractivity contribution in [3.8, 4) is 0 Å². The van der Waals surface area contributed by atoms with Crippen LogP contribution in [0.2, 0.25) is 5.02 Å². The molecule has 1 aromatic rings. The van der Waals surface area contributed by atoms with Gasteiger partial charge in [-0.15, -0.1) is 0 Å². The largest absolute Gasteiger partial charge is 0.411 e. The monoisotopic (exact) mass is 197 g/mol. The highest BCUT2D eigenvalue weighted by molar-refractivity contribution is 6.45. The molecule has 0 fully saturated rings. The fourth-order valence-corrected chi connectivity index (χ4v) is 0.982. The Morgan fingerprint density at radius 3 is 2.38 bits per heavy atom. The fraction of sp³-hybridized carbons (Fsp3) is 0.111. The molecule has 0 aliphatic rings. The average molecular weight is 198 g/mol. The lowest BCUT2D eigenvalue weighted by Gasteiger charge is -1.97. The summed E-state index contributed by atoms with van der Waals surface area (Å²) in [5, 5.41) is 11.7. The minimum Gasteiger partial charge on any atom is -0.411 e. The van der Waals surface area contributed by atoms with E-state index in [1.807, 2.05) is 0 Å². The summed E-state index contributed by atoms with van der Waals surface area (Å²) in [6, 6.07) is 6.39. The quantitative estimate of drug-likeness (QED) is 0.343. The summed E-state index contributed by atoms with van der Waals surface area (Å²) in [4.78, 5) is 11.4. The summed E-state index contributed by atoms with van der Waals surface area (Å²) >= 11 is 5.64. The molecule has 4 heteroatoms. The zero-order valence-corrected chi connectivity index (χ0v) is 7.75. The second kappa shape index (κ2) is 4.05. The first-order valence-corrected chi connectivity index (χ1v) is 4.02. The lowest BCUT2D eigenvalue weighted by atomic mass is 10.1. The molecule has 3 nitrogen and oxygen atoms in total. The van der Waals surface area contributed by atoms with Crippen LogP contribution in [0.25, 0.3) is 0 Å². The number of carbonyl (C=O) groups is 1. The number of nitrogens with zero attached hydrogens (tertiary/aromatic N) is 1. The van der Waals surface area contributed by atoms with E-state index in [1.54, 1.807) is 24.3 Å². The smallest absolute Gasteiger partial charge is 0.210 e. The molecule has 0 saturated carbocycles. The van der Waals surface area contributed by atoms with Gasteiger partial charge < -0.3 is 5.21 Å². The molecule has 0 heterocycles. The maximum atomic E-state index is 11.4. The highest BCUT2D eigenvalue weighted by atomic mass is 35.5. The van der Waals surface area contributed by atoms with Gasteiger partial charge in [-0.2, -0.15) is 0 Å². The van der Waals surface area contributed by atoms with Gasteiger partial charge in [0.05, 0.1) is 0 Å². The minimum atomic E-state index is -0.306. The van der Waals surface area contributed by atoms with E-state index in [-0.39, 0.29) is 11.5 Å². The predicted octanol–water partition coefficient (Wildman–Crippen LogP) is 2.37. The summed E-state index contributed by atoms with van der Waals surface area (Å²) in [5.74, 6) is -0.306. The van der Waals surface area contributed by atoms with Gasteiger partial charge in [-0.05, 0) is 31.2 Å². The summed E-state index contributed by atoms with van der Waals surface area (Å²) in [6.07, 6.45) is 0. The van der Waals surface area contributed by atoms with Crippen LogP contribution in [0.4, 0.5) is 0 Å². The molecule has 0 aliphatic heterocycles. The van der Waals surface area contributed by atoms with Gasteiger partial charge in [-0.25, -0.2) is 0 Å². The van der Waals surface area contributed by atoms with E-state index in [0.29, 0.717) is 10.6 Å². The Morgan fingerprint density at radius 1 is 1.38 bits per heavy atom. The Hall–Kier alpha value is -1.35. The average Bonchev–Trinajstić information content (AvgIpc) is 2.17. The van der Waals surface area contributed by atoms with Crippen molar-refractivity contribution in [2.45, 2.75) is 6.92 Å². The Bertz CT molecular complexity index is 343. The minimum absolute atomic E-state index is 0.0577. The van der Waals surface area contributed by atoms with Gasteiger partial charge in [0.1, 0.15) is 5.71 Å². The predicted molar refractivity (Wildman–Crippen MR) is 50.7 cm³/mol. The summed E-state index contributed by atoms with van der Waals surface area (Å²) in [7, 11) is 0. The number of rotatable bonds is 2. The van der Waals surface area contributed by atoms with Crippen molar-refractivity contribution < 1.29 is 10.0 Å². The molecular weight excluding hydrogens is 190 g/mol. The van der Waals surface area contributed by atoms with Crippen molar-refractivity contribution in [1.82, 2.24) is 0 Å². The van der Waals surface area contributed by atoms with Gasteiger partial charge in [-0.1, -0.05) is 16.8 Å². The van der Waals surface area contributed by atoms with Crippen LogP contribution >= 0.6 is 11.6 Å². The molecule has 0 spiro atoms. The number of hydrogen-bond acceptors (Lipinski definition) is 3. The molecule has 68 valence electrons. The Balaban J connectivity index is 2.97. The van der Waals surface area contributed by atoms with E-state index in [1.165, 1.54) is 6.92 Å². The van der Waals surface area contributed by atoms with Crippen LogP contribution < -0.4 is 0 Å². The van der Waals surface area contributed by atoms with E-state index >= 15 is 0 Å². The summed E-state index contributed by atoms with van der Waals surface area (Å²) in [6.45, 7) is 1.44. The molecule has 0 aromatic heterocycles. The summed E-state index contributed by atoms with van der Waals surface area (Å²) in [5.41, 5.74) is 0.516. The molecule has 1 aromatic carbocycles. The molecule has 0 unspecified atom stereocenters. The number of benzene rings is 1. The van der Waals surface area contributed by atoms with Gasteiger partial charge in [0.25, 0.3) is 0 Å². The third-order valence-electron chi connectivity index (χ3n) is 1.59. The third kappa shape index (κ3) is 2.29. The van der Waals surface area contributed by atoms with Crippen molar-refractivity contribution in [3.05, 3.63) is 34.9 Å². The molecule has 0 saturated heterocycles. The first-order chi connectivity index (χ1) is 6.15. The molecule has 0 aliphatic carbocycles. The zero-order chi connectivity index (χ0) is 9.84. The third-order valence-corrected chi connectivity index (χ3v) is 1.84. The molecule has 0 amide bonds. The van der Waals surface area contributed by atoms with E-state index in [9.17, 15) is 4.79 Å². The van der Waals surface area contributed by atoms with Crippen molar-refractivity contribution in [2.24, 2.45) is 5.16 Å². The number of oxime groups is 1. The van der Waals surface area contributed by atoms with Gasteiger partial charge in [-0.3, -0.25) is 4.79 Å². The van der Waals surface area contributed by atoms with Crippen molar-refractivity contribution in [3.63, 3.8) is 0 Å². The Labute approximate surface area is 80.6 Å². The fourth-order valence-electron chi connectivity index (χ4n) is 0.856. The highest BCUT2D eigenvalue weighted by Gasteiger charge is 2.08.